The van der Waals surface area contributed by atoms with Crippen LogP contribution in [0.15, 0.2) is 41.3 Å². The van der Waals surface area contributed by atoms with Crippen molar-refractivity contribution in [2.75, 3.05) is 20.1 Å². The smallest absolute Gasteiger partial charge is 0.303 e. The van der Waals surface area contributed by atoms with Crippen molar-refractivity contribution in [3.8, 4) is 0 Å². The molecule has 1 atom stereocenters. The first kappa shape index (κ1) is 28.2. The minimum atomic E-state index is -0.937. The number of rotatable bonds is 14. The molecule has 0 bridgehead atoms. The van der Waals surface area contributed by atoms with E-state index in [0.29, 0.717) is 42.8 Å². The molecule has 34 heavy (non-hydrogen) atoms. The molecule has 0 amide bonds. The number of halogens is 3. The Labute approximate surface area is 203 Å². The molecule has 9 heteroatoms. The number of nitrogens with one attached hydrogen (secondary N) is 1. The number of carbonyl (C=O) groups is 1. The summed E-state index contributed by atoms with van der Waals surface area (Å²) in [5.41, 5.74) is 0.369. The highest BCUT2D eigenvalue weighted by Gasteiger charge is 2.20. The molecule has 0 aromatic heterocycles. The lowest BCUT2D eigenvalue weighted by Gasteiger charge is -2.29. The number of aliphatic hydroxyl groups excluding tert-OH is 1. The standard InChI is InChI=1S/C25H33F3N2O3S/c1-25(2,11-5-6-21-22(27)7-4-8-23(21)28)29-15-19(31)16-30(3)34-20-13-17(9-10-24(32)33)12-18(26)14-20/h4,7-8,12-14,19,29,31H,5-6,9-11,15-16H2,1-3H3,(H,32,33)/t19-/m1/s1. The Morgan fingerprint density at radius 3 is 2.47 bits per heavy atom. The first-order chi connectivity index (χ1) is 15.9. The van der Waals surface area contributed by atoms with Crippen molar-refractivity contribution < 1.29 is 28.2 Å². The Morgan fingerprint density at radius 1 is 1.15 bits per heavy atom. The van der Waals surface area contributed by atoms with E-state index in [9.17, 15) is 23.1 Å². The van der Waals surface area contributed by atoms with E-state index >= 15 is 0 Å². The van der Waals surface area contributed by atoms with Crippen molar-refractivity contribution in [2.24, 2.45) is 0 Å². The normalized spacial score (nSPS) is 12.8. The number of nitrogens with zero attached hydrogens (tertiary/aromatic N) is 1. The number of carboxylic acid groups (broad SMARTS) is 1. The third kappa shape index (κ3) is 10.0. The molecule has 0 heterocycles. The number of carboxylic acids is 1. The molecule has 0 saturated carbocycles. The van der Waals surface area contributed by atoms with Gasteiger partial charge in [0.2, 0.25) is 0 Å². The number of hydrogen-bond acceptors (Lipinski definition) is 5. The first-order valence-electron chi connectivity index (χ1n) is 11.2. The van der Waals surface area contributed by atoms with Gasteiger partial charge >= 0.3 is 5.97 Å². The van der Waals surface area contributed by atoms with Crippen LogP contribution in [-0.2, 0) is 17.6 Å². The van der Waals surface area contributed by atoms with Crippen molar-refractivity contribution in [1.82, 2.24) is 9.62 Å². The van der Waals surface area contributed by atoms with E-state index in [0.717, 1.165) is 0 Å². The molecule has 0 radical (unpaired) electrons. The molecule has 0 saturated heterocycles. The monoisotopic (exact) mass is 498 g/mol. The van der Waals surface area contributed by atoms with Crippen LogP contribution in [0.5, 0.6) is 0 Å². The third-order valence-corrected chi connectivity index (χ3v) is 6.30. The molecule has 2 aromatic carbocycles. The lowest BCUT2D eigenvalue weighted by Crippen LogP contribution is -2.45. The van der Waals surface area contributed by atoms with Gasteiger partial charge in [-0.1, -0.05) is 6.07 Å². The number of hydrogen-bond donors (Lipinski definition) is 3. The van der Waals surface area contributed by atoms with E-state index in [4.69, 9.17) is 5.11 Å². The van der Waals surface area contributed by atoms with Crippen molar-refractivity contribution in [3.63, 3.8) is 0 Å². The summed E-state index contributed by atoms with van der Waals surface area (Å²) in [6, 6.07) is 8.31. The summed E-state index contributed by atoms with van der Waals surface area (Å²) in [7, 11) is 1.78. The van der Waals surface area contributed by atoms with Crippen LogP contribution >= 0.6 is 11.9 Å². The zero-order valence-electron chi connectivity index (χ0n) is 19.8. The van der Waals surface area contributed by atoms with Crippen LogP contribution in [0, 0.1) is 17.5 Å². The van der Waals surface area contributed by atoms with E-state index in [1.807, 2.05) is 13.8 Å². The highest BCUT2D eigenvalue weighted by molar-refractivity contribution is 7.97. The van der Waals surface area contributed by atoms with Gasteiger partial charge in [0.15, 0.2) is 0 Å². The van der Waals surface area contributed by atoms with Crippen LogP contribution in [0.3, 0.4) is 0 Å². The molecule has 188 valence electrons. The van der Waals surface area contributed by atoms with Gasteiger partial charge in [-0.3, -0.25) is 4.79 Å². The van der Waals surface area contributed by atoms with Gasteiger partial charge in [0.25, 0.3) is 0 Å². The predicted octanol–water partition coefficient (Wildman–Crippen LogP) is 4.81. The second-order valence-corrected chi connectivity index (χ2v) is 10.3. The molecule has 5 nitrogen and oxygen atoms in total. The summed E-state index contributed by atoms with van der Waals surface area (Å²) in [6.45, 7) is 4.58. The average Bonchev–Trinajstić information content (AvgIpc) is 2.72. The molecular formula is C25H33F3N2O3S. The van der Waals surface area contributed by atoms with Gasteiger partial charge in [-0.05, 0) is 94.4 Å². The topological polar surface area (TPSA) is 72.8 Å². The van der Waals surface area contributed by atoms with Crippen LogP contribution in [0.4, 0.5) is 13.2 Å². The highest BCUT2D eigenvalue weighted by atomic mass is 32.2. The number of benzene rings is 2. The van der Waals surface area contributed by atoms with Gasteiger partial charge in [0, 0.05) is 35.5 Å². The van der Waals surface area contributed by atoms with Gasteiger partial charge in [-0.2, -0.15) is 0 Å². The van der Waals surface area contributed by atoms with Crippen LogP contribution in [-0.4, -0.2) is 52.3 Å². The van der Waals surface area contributed by atoms with Gasteiger partial charge in [-0.25, -0.2) is 17.5 Å². The molecule has 0 aliphatic rings. The molecule has 2 aromatic rings. The van der Waals surface area contributed by atoms with E-state index in [2.05, 4.69) is 5.32 Å². The van der Waals surface area contributed by atoms with Crippen molar-refractivity contribution in [3.05, 3.63) is 65.0 Å². The molecule has 0 fully saturated rings. The minimum absolute atomic E-state index is 0.0706. The summed E-state index contributed by atoms with van der Waals surface area (Å²) in [5, 5.41) is 22.6. The molecule has 0 aliphatic heterocycles. The Bertz CT molecular complexity index is 939. The largest absolute Gasteiger partial charge is 0.481 e. The number of aliphatic hydroxyl groups is 1. The first-order valence-corrected chi connectivity index (χ1v) is 12.0. The summed E-state index contributed by atoms with van der Waals surface area (Å²) in [4.78, 5) is 11.4. The fourth-order valence-corrected chi connectivity index (χ4v) is 4.58. The third-order valence-electron chi connectivity index (χ3n) is 5.39. The van der Waals surface area contributed by atoms with Gasteiger partial charge in [0.1, 0.15) is 17.5 Å². The SMILES string of the molecule is CN(C[C@H](O)CNC(C)(C)CCCc1c(F)cccc1F)Sc1cc(F)cc(CCC(=O)O)c1. The highest BCUT2D eigenvalue weighted by Crippen LogP contribution is 2.25. The van der Waals surface area contributed by atoms with Crippen LogP contribution < -0.4 is 5.32 Å². The maximum atomic E-state index is 13.9. The van der Waals surface area contributed by atoms with Crippen LogP contribution in [0.1, 0.15) is 44.2 Å². The zero-order valence-corrected chi connectivity index (χ0v) is 20.6. The van der Waals surface area contributed by atoms with E-state index in [1.165, 1.54) is 42.3 Å². The maximum absolute atomic E-state index is 13.9. The molecule has 0 aliphatic carbocycles. The van der Waals surface area contributed by atoms with Crippen LogP contribution in [0.25, 0.3) is 0 Å². The van der Waals surface area contributed by atoms with Crippen molar-refractivity contribution in [1.29, 1.82) is 0 Å². The van der Waals surface area contributed by atoms with Crippen LogP contribution in [0.2, 0.25) is 0 Å². The quantitative estimate of drug-likeness (QED) is 0.325. The molecule has 0 unspecified atom stereocenters. The number of aliphatic carboxylic acids is 1. The fourth-order valence-electron chi connectivity index (χ4n) is 3.61. The summed E-state index contributed by atoms with van der Waals surface area (Å²) in [6.07, 6.45) is 1.04. The Balaban J connectivity index is 1.78. The Kier molecular flexibility index (Phi) is 10.9. The summed E-state index contributed by atoms with van der Waals surface area (Å²) >= 11 is 1.27. The minimum Gasteiger partial charge on any atom is -0.481 e. The van der Waals surface area contributed by atoms with E-state index in [1.54, 1.807) is 17.4 Å². The molecule has 3 N–H and O–H groups in total. The van der Waals surface area contributed by atoms with E-state index in [-0.39, 0.29) is 23.9 Å². The fraction of sp³-hybridized carbons (Fsp3) is 0.480. The number of likely N-dealkylation sites (N-methyl/N-ethyl adjacent to an activating group) is 1. The summed E-state index contributed by atoms with van der Waals surface area (Å²) < 4.78 is 43.2. The molecule has 0 spiro atoms. The molecule has 2 rings (SSSR count). The lowest BCUT2D eigenvalue weighted by atomic mass is 9.95. The van der Waals surface area contributed by atoms with E-state index < -0.39 is 29.5 Å². The average molecular weight is 499 g/mol. The lowest BCUT2D eigenvalue weighted by molar-refractivity contribution is -0.136. The number of β-amino-alcohol motifs (C(OH)–C–C–N with tert-alkyl or cyclic N) is 1. The predicted molar refractivity (Wildman–Crippen MR) is 128 cm³/mol. The zero-order chi connectivity index (χ0) is 25.3. The maximum Gasteiger partial charge on any atom is 0.303 e. The Morgan fingerprint density at radius 2 is 1.82 bits per heavy atom. The second-order valence-electron chi connectivity index (χ2n) is 9.06. The van der Waals surface area contributed by atoms with Gasteiger partial charge < -0.3 is 15.5 Å². The van der Waals surface area contributed by atoms with Gasteiger partial charge in [-0.15, -0.1) is 0 Å². The van der Waals surface area contributed by atoms with Crippen molar-refractivity contribution in [2.45, 2.75) is 62.5 Å². The summed E-state index contributed by atoms with van der Waals surface area (Å²) in [5.74, 6) is -2.44. The second kappa shape index (κ2) is 13.1. The number of aryl methyl sites for hydroxylation is 1. The molecular weight excluding hydrogens is 465 g/mol. The van der Waals surface area contributed by atoms with Crippen molar-refractivity contribution >= 4 is 17.9 Å². The Hall–Kier alpha value is -2.07. The van der Waals surface area contributed by atoms with Gasteiger partial charge in [0.05, 0.1) is 6.10 Å².